The molecule has 0 amide bonds. The van der Waals surface area contributed by atoms with Gasteiger partial charge in [-0.25, -0.2) is 0 Å². The molecular weight excluding hydrogens is 557 g/mol. The summed E-state index contributed by atoms with van der Waals surface area (Å²) in [7, 11) is -16.8. The average Bonchev–Trinajstić information content (AvgIpc) is 2.62. The monoisotopic (exact) mass is 572 g/mol. The SMILES string of the molecule is CC(=O)Oc1cc2cccc3ccc4c(S(=O)(=O)O)c(S(=O)(=O)O)c(S(=O)(=O)O)c1c4c32.[H-].[H-].[H-].[Na+].[Na+].[Na+]. The number of esters is 1. The molecule has 4 rings (SSSR count). The summed E-state index contributed by atoms with van der Waals surface area (Å²) in [5.74, 6) is -1.46. The Labute approximate surface area is 270 Å². The Morgan fingerprint density at radius 3 is 1.71 bits per heavy atom. The van der Waals surface area contributed by atoms with Crippen molar-refractivity contribution in [3.63, 3.8) is 0 Å². The Morgan fingerprint density at radius 1 is 0.714 bits per heavy atom. The van der Waals surface area contributed by atoms with Gasteiger partial charge in [0, 0.05) is 23.1 Å². The number of carbonyl (C=O) groups excluding carboxylic acids is 1. The third kappa shape index (κ3) is 5.92. The van der Waals surface area contributed by atoms with Crippen molar-refractivity contribution < 1.29 is 141 Å². The molecule has 0 heterocycles. The average molecular weight is 572 g/mol. The molecule has 0 aliphatic rings. The third-order valence-electron chi connectivity index (χ3n) is 4.77. The van der Waals surface area contributed by atoms with Crippen molar-refractivity contribution in [3.05, 3.63) is 36.4 Å². The van der Waals surface area contributed by atoms with Crippen LogP contribution in [0, 0.1) is 0 Å². The summed E-state index contributed by atoms with van der Waals surface area (Å²) in [6, 6.07) is 8.39. The van der Waals surface area contributed by atoms with Crippen LogP contribution in [0.1, 0.15) is 11.2 Å². The quantitative estimate of drug-likeness (QED) is 0.0693. The van der Waals surface area contributed by atoms with Gasteiger partial charge >= 0.3 is 94.6 Å². The summed E-state index contributed by atoms with van der Waals surface area (Å²) in [6.45, 7) is 0.975. The van der Waals surface area contributed by atoms with E-state index in [1.54, 1.807) is 12.1 Å². The third-order valence-corrected chi connectivity index (χ3v) is 7.82. The van der Waals surface area contributed by atoms with E-state index in [9.17, 15) is 43.7 Å². The van der Waals surface area contributed by atoms with Crippen LogP contribution >= 0.6 is 0 Å². The molecule has 35 heavy (non-hydrogen) atoms. The molecule has 0 spiro atoms. The molecule has 0 aliphatic carbocycles. The van der Waals surface area contributed by atoms with Crippen LogP contribution in [0.25, 0.3) is 32.3 Å². The molecule has 4 aromatic carbocycles. The minimum atomic E-state index is -5.68. The maximum absolute atomic E-state index is 12.3. The first-order valence-corrected chi connectivity index (χ1v) is 12.8. The molecule has 0 radical (unpaired) electrons. The summed E-state index contributed by atoms with van der Waals surface area (Å²) in [6.07, 6.45) is 0. The largest absolute Gasteiger partial charge is 1.00 e. The Kier molecular flexibility index (Phi) is 10.5. The minimum Gasteiger partial charge on any atom is -1.00 e. The molecule has 0 fully saturated rings. The Morgan fingerprint density at radius 2 is 1.23 bits per heavy atom. The molecule has 17 heteroatoms. The summed E-state index contributed by atoms with van der Waals surface area (Å²) in [5.41, 5.74) is 0. The first-order chi connectivity index (χ1) is 14.6. The number of rotatable bonds is 4. The van der Waals surface area contributed by atoms with Gasteiger partial charge in [-0.15, -0.1) is 0 Å². The van der Waals surface area contributed by atoms with Crippen LogP contribution < -0.4 is 93.4 Å². The van der Waals surface area contributed by atoms with Crippen LogP contribution in [0.4, 0.5) is 0 Å². The summed E-state index contributed by atoms with van der Waals surface area (Å²) >= 11 is 0. The summed E-state index contributed by atoms with van der Waals surface area (Å²) in [5, 5.41) is -0.352. The first kappa shape index (κ1) is 33.1. The second-order valence-corrected chi connectivity index (χ2v) is 10.9. The summed E-state index contributed by atoms with van der Waals surface area (Å²) in [4.78, 5) is 6.89. The van der Waals surface area contributed by atoms with E-state index in [1.807, 2.05) is 0 Å². The molecule has 0 atom stereocenters. The number of benzene rings is 4. The van der Waals surface area contributed by atoms with E-state index in [2.05, 4.69) is 0 Å². The number of ether oxygens (including phenoxy) is 1. The van der Waals surface area contributed by atoms with E-state index in [1.165, 1.54) is 18.2 Å². The van der Waals surface area contributed by atoms with Crippen LogP contribution in [0.2, 0.25) is 0 Å². The number of hydrogen-bond acceptors (Lipinski definition) is 8. The predicted molar refractivity (Wildman–Crippen MR) is 114 cm³/mol. The molecule has 174 valence electrons. The van der Waals surface area contributed by atoms with Crippen LogP contribution in [0.15, 0.2) is 51.1 Å². The van der Waals surface area contributed by atoms with Crippen molar-refractivity contribution in [2.75, 3.05) is 0 Å². The van der Waals surface area contributed by atoms with Gasteiger partial charge in [0.15, 0.2) is 0 Å². The molecule has 3 N–H and O–H groups in total. The zero-order chi connectivity index (χ0) is 23.8. The molecular formula is C18H15Na3O11S3. The maximum Gasteiger partial charge on any atom is 1.00 e. The van der Waals surface area contributed by atoms with Crippen molar-refractivity contribution in [1.82, 2.24) is 0 Å². The zero-order valence-corrected chi connectivity index (χ0v) is 27.2. The zero-order valence-electron chi connectivity index (χ0n) is 21.8. The second kappa shape index (κ2) is 11.1. The van der Waals surface area contributed by atoms with Gasteiger partial charge in [-0.3, -0.25) is 18.5 Å². The topological polar surface area (TPSA) is 189 Å². The first-order valence-electron chi connectivity index (χ1n) is 8.50. The summed E-state index contributed by atoms with van der Waals surface area (Å²) < 4.78 is 108. The molecule has 0 bridgehead atoms. The van der Waals surface area contributed by atoms with Crippen LogP contribution in [-0.4, -0.2) is 44.9 Å². The van der Waals surface area contributed by atoms with Gasteiger partial charge in [0.25, 0.3) is 30.4 Å². The molecule has 0 aliphatic heterocycles. The number of hydrogen-bond donors (Lipinski definition) is 3. The predicted octanol–water partition coefficient (Wildman–Crippen LogP) is -6.40. The van der Waals surface area contributed by atoms with E-state index in [0.29, 0.717) is 10.8 Å². The molecule has 0 saturated carbocycles. The molecule has 0 aromatic heterocycles. The minimum absolute atomic E-state index is 0. The van der Waals surface area contributed by atoms with Gasteiger partial charge in [0.1, 0.15) is 20.4 Å². The van der Waals surface area contributed by atoms with Gasteiger partial charge in [0.05, 0.1) is 0 Å². The number of carbonyl (C=O) groups is 1. The van der Waals surface area contributed by atoms with Crippen LogP contribution in [0.3, 0.4) is 0 Å². The smallest absolute Gasteiger partial charge is 1.00 e. The van der Waals surface area contributed by atoms with E-state index < -0.39 is 67.5 Å². The fraction of sp³-hybridized carbons (Fsp3) is 0.0556. The van der Waals surface area contributed by atoms with Crippen molar-refractivity contribution in [2.45, 2.75) is 21.6 Å². The molecule has 0 saturated heterocycles. The fourth-order valence-corrected chi connectivity index (χ4v) is 7.44. The van der Waals surface area contributed by atoms with Gasteiger partial charge in [-0.2, -0.15) is 25.3 Å². The van der Waals surface area contributed by atoms with Gasteiger partial charge in [-0.1, -0.05) is 30.3 Å². The Hall–Kier alpha value is 0.120. The van der Waals surface area contributed by atoms with Crippen LogP contribution in [0.5, 0.6) is 5.75 Å². The van der Waals surface area contributed by atoms with Crippen molar-refractivity contribution in [3.8, 4) is 5.75 Å². The van der Waals surface area contributed by atoms with E-state index >= 15 is 0 Å². The Balaban J connectivity index is -0.00000204. The fourth-order valence-electron chi connectivity index (χ4n) is 3.85. The Bertz CT molecular complexity index is 1820. The van der Waals surface area contributed by atoms with E-state index in [-0.39, 0.29) is 104 Å². The normalized spacial score (nSPS) is 12.1. The maximum atomic E-state index is 12.3. The molecule has 11 nitrogen and oxygen atoms in total. The standard InChI is InChI=1S/C18H12O11S3.3Na.3H/c1-8(19)29-12-7-10-4-2-3-9-5-6-11-14(13(9)10)15(12)17(31(23,24)25)18(32(26,27)28)16(11)30(20,21)22;;;;;;/h2-7H,1H3,(H,20,21,22)(H,23,24,25)(H,26,27,28);;;;;;/q;3*+1;3*-1. The van der Waals surface area contributed by atoms with Gasteiger partial charge in [0.2, 0.25) is 0 Å². The van der Waals surface area contributed by atoms with Gasteiger partial charge in [-0.05, 0) is 22.2 Å². The van der Waals surface area contributed by atoms with Crippen molar-refractivity contribution in [1.29, 1.82) is 0 Å². The van der Waals surface area contributed by atoms with Crippen molar-refractivity contribution >= 4 is 68.6 Å². The second-order valence-electron chi connectivity index (χ2n) is 6.82. The molecule has 4 aromatic rings. The van der Waals surface area contributed by atoms with Gasteiger partial charge < -0.3 is 9.02 Å². The van der Waals surface area contributed by atoms with E-state index in [4.69, 9.17) is 4.74 Å². The van der Waals surface area contributed by atoms with E-state index in [0.717, 1.165) is 13.0 Å². The van der Waals surface area contributed by atoms with Crippen LogP contribution in [-0.2, 0) is 35.1 Å². The molecule has 0 unspecified atom stereocenters. The van der Waals surface area contributed by atoms with Crippen molar-refractivity contribution in [2.24, 2.45) is 0 Å².